The Morgan fingerprint density at radius 3 is 2.88 bits per heavy atom. The first kappa shape index (κ1) is 13.4. The molecule has 5 nitrogen and oxygen atoms in total. The predicted octanol–water partition coefficient (Wildman–Crippen LogP) is -0.439. The zero-order valence-corrected chi connectivity index (χ0v) is 10.5. The molecule has 1 atom stereocenters. The second kappa shape index (κ2) is 5.61. The molecule has 94 valence electrons. The molecule has 0 aromatic carbocycles. The van der Waals surface area contributed by atoms with Crippen LogP contribution in [0.3, 0.4) is 0 Å². The molecule has 0 saturated carbocycles. The Labute approximate surface area is 97.3 Å². The highest BCUT2D eigenvalue weighted by atomic mass is 16.5. The van der Waals surface area contributed by atoms with Crippen LogP contribution < -0.4 is 11.1 Å². The van der Waals surface area contributed by atoms with E-state index in [1.807, 2.05) is 0 Å². The number of morpholine rings is 1. The van der Waals surface area contributed by atoms with E-state index in [-0.39, 0.29) is 11.5 Å². The van der Waals surface area contributed by atoms with Gasteiger partial charge in [0.1, 0.15) is 0 Å². The van der Waals surface area contributed by atoms with E-state index in [0.29, 0.717) is 6.54 Å². The van der Waals surface area contributed by atoms with Crippen molar-refractivity contribution in [3.63, 3.8) is 0 Å². The summed E-state index contributed by atoms with van der Waals surface area (Å²) >= 11 is 0. The fraction of sp³-hybridized carbons (Fsp3) is 0.909. The van der Waals surface area contributed by atoms with Gasteiger partial charge in [-0.2, -0.15) is 0 Å². The third-order valence-corrected chi connectivity index (χ3v) is 2.65. The van der Waals surface area contributed by atoms with Gasteiger partial charge in [-0.1, -0.05) is 0 Å². The monoisotopic (exact) mass is 229 g/mol. The van der Waals surface area contributed by atoms with E-state index in [9.17, 15) is 4.79 Å². The van der Waals surface area contributed by atoms with Crippen LogP contribution in [-0.2, 0) is 9.53 Å². The minimum absolute atomic E-state index is 0.0799. The van der Waals surface area contributed by atoms with Gasteiger partial charge >= 0.3 is 0 Å². The predicted molar refractivity (Wildman–Crippen MR) is 63.1 cm³/mol. The number of rotatable bonds is 4. The van der Waals surface area contributed by atoms with Gasteiger partial charge in [0.25, 0.3) is 0 Å². The van der Waals surface area contributed by atoms with Gasteiger partial charge in [-0.15, -0.1) is 0 Å². The lowest BCUT2D eigenvalue weighted by Crippen LogP contribution is -2.50. The highest BCUT2D eigenvalue weighted by Crippen LogP contribution is 2.15. The number of carbonyl (C=O) groups is 1. The minimum Gasteiger partial charge on any atom is -0.373 e. The van der Waals surface area contributed by atoms with Crippen molar-refractivity contribution in [2.75, 3.05) is 32.8 Å². The number of hydrogen-bond donors (Lipinski definition) is 2. The summed E-state index contributed by atoms with van der Waals surface area (Å²) in [5, 5.41) is 2.81. The molecule has 0 radical (unpaired) electrons. The topological polar surface area (TPSA) is 67.6 Å². The summed E-state index contributed by atoms with van der Waals surface area (Å²) in [6.45, 7) is 9.95. The van der Waals surface area contributed by atoms with Crippen molar-refractivity contribution in [3.05, 3.63) is 0 Å². The molecular weight excluding hydrogens is 206 g/mol. The summed E-state index contributed by atoms with van der Waals surface area (Å²) < 4.78 is 5.61. The summed E-state index contributed by atoms with van der Waals surface area (Å²) in [5.41, 5.74) is 5.37. The van der Waals surface area contributed by atoms with E-state index < -0.39 is 6.04 Å². The molecular formula is C11H23N3O2. The molecule has 1 saturated heterocycles. The van der Waals surface area contributed by atoms with Crippen LogP contribution in [0.2, 0.25) is 0 Å². The molecule has 0 aromatic heterocycles. The normalized spacial score (nSPS) is 22.8. The lowest BCUT2D eigenvalue weighted by atomic mass is 10.1. The molecule has 0 aromatic rings. The number of hydrogen-bond acceptors (Lipinski definition) is 4. The molecule has 16 heavy (non-hydrogen) atoms. The highest BCUT2D eigenvalue weighted by molar-refractivity contribution is 5.80. The Morgan fingerprint density at radius 2 is 2.31 bits per heavy atom. The van der Waals surface area contributed by atoms with Gasteiger partial charge in [-0.25, -0.2) is 0 Å². The molecule has 3 N–H and O–H groups in total. The van der Waals surface area contributed by atoms with Gasteiger partial charge < -0.3 is 15.8 Å². The zero-order valence-electron chi connectivity index (χ0n) is 10.5. The number of nitrogens with two attached hydrogens (primary N) is 1. The first-order valence-electron chi connectivity index (χ1n) is 5.80. The second-order valence-corrected chi connectivity index (χ2v) is 4.96. The van der Waals surface area contributed by atoms with Crippen molar-refractivity contribution in [2.24, 2.45) is 5.73 Å². The maximum Gasteiger partial charge on any atom is 0.236 e. The van der Waals surface area contributed by atoms with Gasteiger partial charge in [0.2, 0.25) is 5.91 Å². The van der Waals surface area contributed by atoms with Crippen LogP contribution in [-0.4, -0.2) is 55.2 Å². The number of amides is 1. The quantitative estimate of drug-likeness (QED) is 0.686. The van der Waals surface area contributed by atoms with Gasteiger partial charge in [-0.3, -0.25) is 9.69 Å². The lowest BCUT2D eigenvalue weighted by Gasteiger charge is -2.38. The van der Waals surface area contributed by atoms with Crippen LogP contribution in [0.1, 0.15) is 20.8 Å². The van der Waals surface area contributed by atoms with Gasteiger partial charge in [0, 0.05) is 26.2 Å². The maximum atomic E-state index is 11.2. The largest absolute Gasteiger partial charge is 0.373 e. The first-order valence-corrected chi connectivity index (χ1v) is 5.80. The molecule has 0 aliphatic carbocycles. The van der Waals surface area contributed by atoms with Gasteiger partial charge in [0.05, 0.1) is 18.2 Å². The van der Waals surface area contributed by atoms with Crippen LogP contribution in [0, 0.1) is 0 Å². The Bertz CT molecular complexity index is 241. The average molecular weight is 229 g/mol. The van der Waals surface area contributed by atoms with Crippen LogP contribution in [0.4, 0.5) is 0 Å². The lowest BCUT2D eigenvalue weighted by molar-refractivity contribution is -0.122. The number of carbonyl (C=O) groups excluding carboxylic acids is 1. The molecule has 1 aliphatic heterocycles. The summed E-state index contributed by atoms with van der Waals surface area (Å²) in [5.74, 6) is -0.0903. The van der Waals surface area contributed by atoms with Crippen LogP contribution in [0.5, 0.6) is 0 Å². The van der Waals surface area contributed by atoms with Crippen molar-refractivity contribution in [3.8, 4) is 0 Å². The molecule has 0 spiro atoms. The molecule has 1 rings (SSSR count). The summed E-state index contributed by atoms with van der Waals surface area (Å²) in [6.07, 6.45) is 0. The minimum atomic E-state index is -0.430. The van der Waals surface area contributed by atoms with E-state index in [1.165, 1.54) is 0 Å². The van der Waals surface area contributed by atoms with Crippen LogP contribution in [0.25, 0.3) is 0 Å². The maximum absolute atomic E-state index is 11.2. The number of nitrogens with zero attached hydrogens (tertiary/aromatic N) is 1. The second-order valence-electron chi connectivity index (χ2n) is 4.96. The summed E-state index contributed by atoms with van der Waals surface area (Å²) in [4.78, 5) is 13.5. The summed E-state index contributed by atoms with van der Waals surface area (Å²) in [7, 11) is 0. The van der Waals surface area contributed by atoms with Crippen molar-refractivity contribution < 1.29 is 9.53 Å². The standard InChI is InChI=1S/C11H23N3O2/c1-9(12)10(15)13-4-5-14-6-7-16-11(2,3)8-14/h9H,4-8,12H2,1-3H3,(H,13,15). The van der Waals surface area contributed by atoms with Crippen LogP contribution >= 0.6 is 0 Å². The fourth-order valence-electron chi connectivity index (χ4n) is 1.80. The van der Waals surface area contributed by atoms with E-state index in [4.69, 9.17) is 10.5 Å². The molecule has 5 heteroatoms. The highest BCUT2D eigenvalue weighted by Gasteiger charge is 2.26. The third-order valence-electron chi connectivity index (χ3n) is 2.65. The van der Waals surface area contributed by atoms with Gasteiger partial charge in [-0.05, 0) is 20.8 Å². The number of ether oxygens (including phenoxy) is 1. The van der Waals surface area contributed by atoms with Crippen molar-refractivity contribution in [2.45, 2.75) is 32.4 Å². The number of nitrogens with one attached hydrogen (secondary N) is 1. The smallest absolute Gasteiger partial charge is 0.236 e. The fourth-order valence-corrected chi connectivity index (χ4v) is 1.80. The molecule has 1 fully saturated rings. The van der Waals surface area contributed by atoms with E-state index in [0.717, 1.165) is 26.2 Å². The summed E-state index contributed by atoms with van der Waals surface area (Å²) in [6, 6.07) is -0.430. The zero-order chi connectivity index (χ0) is 12.2. The van der Waals surface area contributed by atoms with E-state index in [1.54, 1.807) is 6.92 Å². The molecule has 1 aliphatic rings. The first-order chi connectivity index (χ1) is 7.41. The molecule has 0 bridgehead atoms. The van der Waals surface area contributed by atoms with Gasteiger partial charge in [0.15, 0.2) is 0 Å². The Hall–Kier alpha value is -0.650. The molecule has 1 unspecified atom stereocenters. The molecule has 1 amide bonds. The van der Waals surface area contributed by atoms with Crippen molar-refractivity contribution in [1.82, 2.24) is 10.2 Å². The Balaban J connectivity index is 2.20. The average Bonchev–Trinajstić information content (AvgIpc) is 2.15. The SMILES string of the molecule is CC(N)C(=O)NCCN1CCOC(C)(C)C1. The Kier molecular flexibility index (Phi) is 4.70. The Morgan fingerprint density at radius 1 is 1.62 bits per heavy atom. The van der Waals surface area contributed by atoms with Crippen LogP contribution in [0.15, 0.2) is 0 Å². The van der Waals surface area contributed by atoms with E-state index in [2.05, 4.69) is 24.1 Å². The third kappa shape index (κ3) is 4.47. The molecule has 1 heterocycles. The van der Waals surface area contributed by atoms with E-state index >= 15 is 0 Å². The van der Waals surface area contributed by atoms with Crippen molar-refractivity contribution in [1.29, 1.82) is 0 Å². The van der Waals surface area contributed by atoms with Crippen molar-refractivity contribution >= 4 is 5.91 Å².